The highest BCUT2D eigenvalue weighted by Gasteiger charge is 2.03. The first-order valence-electron chi connectivity index (χ1n) is 6.80. The number of nitrogens with one attached hydrogen (secondary N) is 2. The summed E-state index contributed by atoms with van der Waals surface area (Å²) in [4.78, 5) is 11.7. The number of rotatable bonds is 6. The number of carbonyl (C=O) groups excluding carboxylic acids is 1. The van der Waals surface area contributed by atoms with Gasteiger partial charge in [0.15, 0.2) is 0 Å². The van der Waals surface area contributed by atoms with Crippen molar-refractivity contribution in [2.75, 3.05) is 18.5 Å². The van der Waals surface area contributed by atoms with Crippen LogP contribution in [0.15, 0.2) is 48.5 Å². The van der Waals surface area contributed by atoms with E-state index < -0.39 is 11.8 Å². The molecule has 0 saturated heterocycles. The van der Waals surface area contributed by atoms with Crippen molar-refractivity contribution in [1.82, 2.24) is 5.32 Å². The maximum atomic E-state index is 13.0. The van der Waals surface area contributed by atoms with Gasteiger partial charge in [-0.2, -0.15) is 0 Å². The third-order valence-corrected chi connectivity index (χ3v) is 2.82. The number of amides is 2. The van der Waals surface area contributed by atoms with Gasteiger partial charge in [0.25, 0.3) is 0 Å². The van der Waals surface area contributed by atoms with E-state index in [1.54, 1.807) is 18.2 Å². The summed E-state index contributed by atoms with van der Waals surface area (Å²) in [5.41, 5.74) is 1.29. The van der Waals surface area contributed by atoms with Gasteiger partial charge in [0.1, 0.15) is 18.2 Å². The Bertz CT molecular complexity index is 617. The molecular weight excluding hydrogens is 287 g/mol. The van der Waals surface area contributed by atoms with E-state index in [9.17, 15) is 9.18 Å². The van der Waals surface area contributed by atoms with Gasteiger partial charge in [-0.05, 0) is 35.9 Å². The van der Waals surface area contributed by atoms with Crippen molar-refractivity contribution in [3.05, 3.63) is 59.9 Å². The average Bonchev–Trinajstić information content (AvgIpc) is 2.52. The van der Waals surface area contributed by atoms with Crippen LogP contribution in [0.1, 0.15) is 5.56 Å². The van der Waals surface area contributed by atoms with Gasteiger partial charge in [0.05, 0.1) is 6.61 Å². The van der Waals surface area contributed by atoms with Crippen molar-refractivity contribution >= 4 is 11.7 Å². The van der Waals surface area contributed by atoms with E-state index in [-0.39, 0.29) is 13.2 Å². The molecule has 0 aliphatic heterocycles. The maximum absolute atomic E-state index is 13.0. The highest BCUT2D eigenvalue weighted by molar-refractivity contribution is 5.89. The molecule has 0 radical (unpaired) electrons. The topological polar surface area (TPSA) is 70.6 Å². The van der Waals surface area contributed by atoms with Gasteiger partial charge >= 0.3 is 6.03 Å². The monoisotopic (exact) mass is 304 g/mol. The minimum Gasteiger partial charge on any atom is -0.491 e. The first kappa shape index (κ1) is 15.8. The van der Waals surface area contributed by atoms with Gasteiger partial charge in [-0.3, -0.25) is 0 Å². The molecule has 2 rings (SSSR count). The lowest BCUT2D eigenvalue weighted by Gasteiger charge is -2.09. The van der Waals surface area contributed by atoms with Gasteiger partial charge in [-0.15, -0.1) is 0 Å². The van der Waals surface area contributed by atoms with Crippen LogP contribution < -0.4 is 15.4 Å². The molecule has 116 valence electrons. The lowest BCUT2D eigenvalue weighted by Crippen LogP contribution is -2.28. The normalized spacial score (nSPS) is 10.1. The molecule has 0 bridgehead atoms. The van der Waals surface area contributed by atoms with Crippen LogP contribution in [-0.4, -0.2) is 24.4 Å². The largest absolute Gasteiger partial charge is 0.491 e. The van der Waals surface area contributed by atoms with Crippen molar-refractivity contribution in [1.29, 1.82) is 0 Å². The summed E-state index contributed by atoms with van der Waals surface area (Å²) in [6.45, 7) is 0.540. The van der Waals surface area contributed by atoms with Crippen molar-refractivity contribution in [3.8, 4) is 5.75 Å². The van der Waals surface area contributed by atoms with Crippen molar-refractivity contribution < 1.29 is 19.0 Å². The Balaban J connectivity index is 1.80. The zero-order chi connectivity index (χ0) is 15.8. The fraction of sp³-hybridized carbons (Fsp3) is 0.188. The average molecular weight is 304 g/mol. The number of carbonyl (C=O) groups is 1. The van der Waals surface area contributed by atoms with E-state index in [1.807, 2.05) is 12.1 Å². The minimum absolute atomic E-state index is 0.0381. The molecule has 6 heteroatoms. The molecule has 0 aliphatic carbocycles. The van der Waals surface area contributed by atoms with Gasteiger partial charge in [-0.25, -0.2) is 9.18 Å². The van der Waals surface area contributed by atoms with Gasteiger partial charge in [0.2, 0.25) is 0 Å². The van der Waals surface area contributed by atoms with Crippen LogP contribution in [0.5, 0.6) is 5.75 Å². The van der Waals surface area contributed by atoms with Gasteiger partial charge < -0.3 is 20.5 Å². The van der Waals surface area contributed by atoms with Crippen molar-refractivity contribution in [2.45, 2.75) is 6.54 Å². The zero-order valence-corrected chi connectivity index (χ0v) is 11.9. The van der Waals surface area contributed by atoms with E-state index in [2.05, 4.69) is 10.6 Å². The number of halogens is 1. The number of aliphatic hydroxyl groups excluding tert-OH is 1. The summed E-state index contributed by atoms with van der Waals surface area (Å²) >= 11 is 0. The molecule has 0 unspecified atom stereocenters. The smallest absolute Gasteiger partial charge is 0.319 e. The number of anilines is 1. The Morgan fingerprint density at radius 1 is 1.18 bits per heavy atom. The number of aliphatic hydroxyl groups is 1. The minimum atomic E-state index is -0.411. The molecule has 5 nitrogen and oxygen atoms in total. The number of urea groups is 1. The van der Waals surface area contributed by atoms with Crippen LogP contribution in [0.25, 0.3) is 0 Å². The van der Waals surface area contributed by atoms with Gasteiger partial charge in [-0.1, -0.05) is 18.2 Å². The summed E-state index contributed by atoms with van der Waals surface area (Å²) in [5, 5.41) is 13.9. The van der Waals surface area contributed by atoms with Crippen LogP contribution in [0.4, 0.5) is 14.9 Å². The summed E-state index contributed by atoms with van der Waals surface area (Å²) < 4.78 is 18.2. The molecule has 0 atom stereocenters. The Morgan fingerprint density at radius 2 is 1.95 bits per heavy atom. The molecule has 2 aromatic carbocycles. The molecule has 0 aromatic heterocycles. The molecule has 0 fully saturated rings. The lowest BCUT2D eigenvalue weighted by molar-refractivity contribution is 0.201. The van der Waals surface area contributed by atoms with Crippen molar-refractivity contribution in [3.63, 3.8) is 0 Å². The number of hydrogen-bond donors (Lipinski definition) is 3. The van der Waals surface area contributed by atoms with Crippen LogP contribution >= 0.6 is 0 Å². The van der Waals surface area contributed by atoms with E-state index in [1.165, 1.54) is 18.2 Å². The third kappa shape index (κ3) is 5.06. The molecule has 2 amide bonds. The molecule has 0 spiro atoms. The standard InChI is InChI=1S/C16H17FN2O3/c17-13-2-1-3-14(10-13)19-16(21)18-11-12-4-6-15(7-5-12)22-9-8-20/h1-7,10,20H,8-9,11H2,(H2,18,19,21). The molecule has 3 N–H and O–H groups in total. The predicted octanol–water partition coefficient (Wildman–Crippen LogP) is 2.52. The molecule has 22 heavy (non-hydrogen) atoms. The fourth-order valence-electron chi connectivity index (χ4n) is 1.79. The maximum Gasteiger partial charge on any atom is 0.319 e. The Labute approximate surface area is 127 Å². The van der Waals surface area contributed by atoms with Crippen LogP contribution in [0.2, 0.25) is 0 Å². The van der Waals surface area contributed by atoms with Crippen LogP contribution in [0, 0.1) is 5.82 Å². The molecule has 2 aromatic rings. The lowest BCUT2D eigenvalue weighted by atomic mass is 10.2. The molecule has 0 heterocycles. The molecule has 0 aliphatic rings. The summed E-state index contributed by atoms with van der Waals surface area (Å²) in [6.07, 6.45) is 0. The van der Waals surface area contributed by atoms with E-state index in [4.69, 9.17) is 9.84 Å². The highest BCUT2D eigenvalue weighted by atomic mass is 19.1. The first-order valence-corrected chi connectivity index (χ1v) is 6.80. The Kier molecular flexibility index (Phi) is 5.73. The second-order valence-electron chi connectivity index (χ2n) is 4.53. The van der Waals surface area contributed by atoms with Gasteiger partial charge in [0, 0.05) is 12.2 Å². The van der Waals surface area contributed by atoms with Crippen LogP contribution in [-0.2, 0) is 6.54 Å². The van der Waals surface area contributed by atoms with E-state index in [0.717, 1.165) is 5.56 Å². The molecular formula is C16H17FN2O3. The van der Waals surface area contributed by atoms with Crippen molar-refractivity contribution in [2.24, 2.45) is 0 Å². The first-order chi connectivity index (χ1) is 10.7. The van der Waals surface area contributed by atoms with E-state index >= 15 is 0 Å². The summed E-state index contributed by atoms with van der Waals surface area (Å²) in [6, 6.07) is 12.4. The van der Waals surface area contributed by atoms with Crippen LogP contribution in [0.3, 0.4) is 0 Å². The molecule has 0 saturated carbocycles. The second-order valence-corrected chi connectivity index (χ2v) is 4.53. The van der Waals surface area contributed by atoms with E-state index in [0.29, 0.717) is 18.0 Å². The Hall–Kier alpha value is -2.60. The quantitative estimate of drug-likeness (QED) is 0.768. The number of ether oxygens (including phenoxy) is 1. The number of benzene rings is 2. The summed E-state index contributed by atoms with van der Waals surface area (Å²) in [5.74, 6) is 0.248. The predicted molar refractivity (Wildman–Crippen MR) is 81.3 cm³/mol. The Morgan fingerprint density at radius 3 is 2.64 bits per heavy atom. The second kappa shape index (κ2) is 7.99. The number of hydrogen-bond acceptors (Lipinski definition) is 3. The third-order valence-electron chi connectivity index (χ3n) is 2.82. The fourth-order valence-corrected chi connectivity index (χ4v) is 1.79. The highest BCUT2D eigenvalue weighted by Crippen LogP contribution is 2.12. The zero-order valence-electron chi connectivity index (χ0n) is 11.9. The summed E-state index contributed by atoms with van der Waals surface area (Å²) in [7, 11) is 0. The SMILES string of the molecule is O=C(NCc1ccc(OCCO)cc1)Nc1cccc(F)c1.